The van der Waals surface area contributed by atoms with Crippen LogP contribution in [0.1, 0.15) is 72.3 Å². The van der Waals surface area contributed by atoms with Gasteiger partial charge in [0.25, 0.3) is 0 Å². The molecule has 2 fully saturated rings. The number of benzene rings is 2. The number of esters is 1. The molecule has 0 N–H and O–H groups in total. The topological polar surface area (TPSA) is 120 Å². The lowest BCUT2D eigenvalue weighted by Gasteiger charge is -2.36. The average Bonchev–Trinajstić information content (AvgIpc) is 3.72. The minimum atomic E-state index is -0.681. The highest BCUT2D eigenvalue weighted by Gasteiger charge is 2.45. The van der Waals surface area contributed by atoms with Gasteiger partial charge in [-0.25, -0.2) is 24.5 Å². The molecular formula is C37H42BrN5O6. The van der Waals surface area contributed by atoms with Crippen LogP contribution in [0.4, 0.5) is 16.3 Å². The zero-order chi connectivity index (χ0) is 34.7. The van der Waals surface area contributed by atoms with E-state index in [1.807, 2.05) is 88.9 Å². The fraction of sp³-hybridized carbons (Fsp3) is 0.486. The molecule has 2 aromatic carbocycles. The van der Waals surface area contributed by atoms with Crippen molar-refractivity contribution in [1.29, 1.82) is 0 Å². The van der Waals surface area contributed by atoms with E-state index in [9.17, 15) is 9.59 Å². The van der Waals surface area contributed by atoms with Gasteiger partial charge in [0.1, 0.15) is 34.4 Å². The van der Waals surface area contributed by atoms with Crippen molar-refractivity contribution in [3.63, 3.8) is 0 Å². The highest BCUT2D eigenvalue weighted by atomic mass is 79.9. The quantitative estimate of drug-likeness (QED) is 0.152. The normalized spacial score (nSPS) is 21.6. The molecule has 3 aliphatic heterocycles. The summed E-state index contributed by atoms with van der Waals surface area (Å²) in [5, 5.41) is 0.862. The summed E-state index contributed by atoms with van der Waals surface area (Å²) in [6.07, 6.45) is 1.28. The lowest BCUT2D eigenvalue weighted by atomic mass is 9.80. The Morgan fingerprint density at radius 3 is 2.35 bits per heavy atom. The molecule has 5 heterocycles. The van der Waals surface area contributed by atoms with E-state index < -0.39 is 17.2 Å². The molecular weight excluding hydrogens is 690 g/mol. The number of furan rings is 1. The molecule has 1 amide bonds. The number of aliphatic imine (C=N–C) groups is 1. The van der Waals surface area contributed by atoms with Gasteiger partial charge < -0.3 is 28.4 Å². The first-order chi connectivity index (χ1) is 23.2. The predicted molar refractivity (Wildman–Crippen MR) is 190 cm³/mol. The van der Waals surface area contributed by atoms with E-state index in [-0.39, 0.29) is 30.0 Å². The van der Waals surface area contributed by atoms with Gasteiger partial charge in [0.05, 0.1) is 18.2 Å². The summed E-state index contributed by atoms with van der Waals surface area (Å²) in [6.45, 7) is 12.8. The molecule has 2 saturated heterocycles. The van der Waals surface area contributed by atoms with Crippen LogP contribution in [-0.4, -0.2) is 75.8 Å². The van der Waals surface area contributed by atoms with E-state index in [1.54, 1.807) is 4.90 Å². The number of hydrogen-bond donors (Lipinski definition) is 0. The molecule has 3 atom stereocenters. The molecule has 3 aliphatic rings. The molecule has 12 heteroatoms. The van der Waals surface area contributed by atoms with Crippen LogP contribution < -0.4 is 4.90 Å². The molecule has 1 unspecified atom stereocenters. The Labute approximate surface area is 294 Å². The first-order valence-electron chi connectivity index (χ1n) is 16.9. The molecule has 4 aromatic rings. The summed E-state index contributed by atoms with van der Waals surface area (Å²) in [5.41, 5.74) is 2.63. The van der Waals surface area contributed by atoms with E-state index >= 15 is 0 Å². The van der Waals surface area contributed by atoms with Gasteiger partial charge in [-0.05, 0) is 100.0 Å². The molecule has 0 spiro atoms. The van der Waals surface area contributed by atoms with Gasteiger partial charge in [-0.15, -0.1) is 0 Å². The lowest BCUT2D eigenvalue weighted by Crippen LogP contribution is -2.43. The van der Waals surface area contributed by atoms with Gasteiger partial charge in [0.15, 0.2) is 22.0 Å². The maximum atomic E-state index is 13.8. The second-order valence-electron chi connectivity index (χ2n) is 15.1. The molecule has 0 aliphatic carbocycles. The number of hydrogen-bond acceptors (Lipinski definition) is 10. The van der Waals surface area contributed by atoms with Crippen molar-refractivity contribution in [1.82, 2.24) is 14.9 Å². The van der Waals surface area contributed by atoms with Crippen LogP contribution in [0.25, 0.3) is 22.1 Å². The van der Waals surface area contributed by atoms with Gasteiger partial charge in [0, 0.05) is 24.9 Å². The molecule has 0 radical (unpaired) electrons. The van der Waals surface area contributed by atoms with Gasteiger partial charge in [-0.3, -0.25) is 0 Å². The molecule has 0 bridgehead atoms. The highest BCUT2D eigenvalue weighted by molar-refractivity contribution is 9.10. The van der Waals surface area contributed by atoms with E-state index in [0.717, 1.165) is 29.5 Å². The Bertz CT molecular complexity index is 1940. The van der Waals surface area contributed by atoms with Crippen molar-refractivity contribution in [2.75, 3.05) is 24.5 Å². The molecule has 7 rings (SSSR count). The predicted octanol–water partition coefficient (Wildman–Crippen LogP) is 7.92. The molecule has 2 aromatic heterocycles. The number of ether oxygens (including phenoxy) is 3. The standard InChI is InChI=1S/C37H42BrN5O6/c1-36(2,3)48-33(44)26-19-22(20-43(26)31-30-29(40-34(38)41-31)24-12-8-10-14-27(24)47-30)46-32-28(23-11-7-9-13-25(23)39-32)21-15-17-42(18-16-21)35(45)49-37(4,5)6/h7-14,21-22,26,28H,15-20H2,1-6H3/t22-,26-,28?/m0/s1. The van der Waals surface area contributed by atoms with Crippen LogP contribution in [0.3, 0.4) is 0 Å². The zero-order valence-corrected chi connectivity index (χ0v) is 30.3. The van der Waals surface area contributed by atoms with Crippen molar-refractivity contribution < 1.29 is 28.2 Å². The average molecular weight is 733 g/mol. The minimum absolute atomic E-state index is 0.0683. The van der Waals surface area contributed by atoms with Gasteiger partial charge in [-0.1, -0.05) is 30.3 Å². The number of amides is 1. The molecule has 11 nitrogen and oxygen atoms in total. The minimum Gasteiger partial charge on any atom is -0.475 e. The summed E-state index contributed by atoms with van der Waals surface area (Å²) < 4.78 is 25.1. The van der Waals surface area contributed by atoms with Crippen LogP contribution >= 0.6 is 15.9 Å². The number of para-hydroxylation sites is 2. The van der Waals surface area contributed by atoms with Gasteiger partial charge in [0.2, 0.25) is 0 Å². The monoisotopic (exact) mass is 731 g/mol. The smallest absolute Gasteiger partial charge is 0.410 e. The summed E-state index contributed by atoms with van der Waals surface area (Å²) in [6, 6.07) is 15.2. The van der Waals surface area contributed by atoms with E-state index in [2.05, 4.69) is 27.0 Å². The third-order valence-electron chi connectivity index (χ3n) is 9.11. The molecule has 258 valence electrons. The van der Waals surface area contributed by atoms with Crippen LogP contribution in [0.2, 0.25) is 0 Å². The maximum Gasteiger partial charge on any atom is 0.410 e. The zero-order valence-electron chi connectivity index (χ0n) is 28.7. The number of piperidine rings is 1. The van der Waals surface area contributed by atoms with Crippen LogP contribution in [-0.2, 0) is 19.0 Å². The van der Waals surface area contributed by atoms with Crippen LogP contribution in [0.15, 0.2) is 62.7 Å². The number of nitrogens with zero attached hydrogens (tertiary/aromatic N) is 5. The Morgan fingerprint density at radius 1 is 0.918 bits per heavy atom. The Hall–Kier alpha value is -4.19. The molecule has 49 heavy (non-hydrogen) atoms. The summed E-state index contributed by atoms with van der Waals surface area (Å²) >= 11 is 3.50. The van der Waals surface area contributed by atoms with Crippen LogP contribution in [0, 0.1) is 5.92 Å². The lowest BCUT2D eigenvalue weighted by molar-refractivity contribution is -0.156. The Morgan fingerprint density at radius 2 is 1.61 bits per heavy atom. The summed E-state index contributed by atoms with van der Waals surface area (Å²) in [5.74, 6) is 0.928. The van der Waals surface area contributed by atoms with Gasteiger partial charge >= 0.3 is 12.1 Å². The maximum absolute atomic E-state index is 13.8. The van der Waals surface area contributed by atoms with Crippen molar-refractivity contribution in [2.24, 2.45) is 10.9 Å². The van der Waals surface area contributed by atoms with Crippen molar-refractivity contribution in [3.8, 4) is 0 Å². The third-order valence-corrected chi connectivity index (χ3v) is 9.46. The summed E-state index contributed by atoms with van der Waals surface area (Å²) in [4.78, 5) is 44.7. The number of carbonyl (C=O) groups excluding carboxylic acids is 2. The van der Waals surface area contributed by atoms with Crippen molar-refractivity contribution >= 4 is 67.5 Å². The SMILES string of the molecule is CC(C)(C)OC(=O)[C@@H]1C[C@H](OC2=Nc3ccccc3C2C2CCN(C(=O)OC(C)(C)C)CC2)CN1c1nc(Br)nc2c1oc1ccccc12. The highest BCUT2D eigenvalue weighted by Crippen LogP contribution is 2.45. The van der Waals surface area contributed by atoms with Crippen LogP contribution in [0.5, 0.6) is 0 Å². The van der Waals surface area contributed by atoms with Gasteiger partial charge in [-0.2, -0.15) is 0 Å². The van der Waals surface area contributed by atoms with Crippen molar-refractivity contribution in [2.45, 2.75) is 90.1 Å². The number of halogens is 1. The van der Waals surface area contributed by atoms with E-state index in [0.29, 0.717) is 59.2 Å². The third kappa shape index (κ3) is 6.84. The molecule has 0 saturated carbocycles. The number of carbonyl (C=O) groups is 2. The first kappa shape index (κ1) is 33.3. The second-order valence-corrected chi connectivity index (χ2v) is 15.8. The van der Waals surface area contributed by atoms with Crippen molar-refractivity contribution in [3.05, 3.63) is 58.8 Å². The second kappa shape index (κ2) is 12.6. The Balaban J connectivity index is 1.17. The fourth-order valence-corrected chi connectivity index (χ4v) is 7.44. The van der Waals surface area contributed by atoms with E-state index in [1.165, 1.54) is 0 Å². The number of anilines is 1. The largest absolute Gasteiger partial charge is 0.475 e. The number of rotatable bonds is 4. The fourth-order valence-electron chi connectivity index (χ4n) is 7.10. The number of aromatic nitrogens is 2. The number of likely N-dealkylation sites (tertiary alicyclic amines) is 1. The number of fused-ring (bicyclic) bond motifs is 4. The first-order valence-corrected chi connectivity index (χ1v) is 17.7. The Kier molecular flexibility index (Phi) is 8.57. The summed E-state index contributed by atoms with van der Waals surface area (Å²) in [7, 11) is 0. The van der Waals surface area contributed by atoms with E-state index in [4.69, 9.17) is 28.6 Å².